The first-order valence-corrected chi connectivity index (χ1v) is 9.77. The minimum Gasteiger partial charge on any atom is -0.490 e. The summed E-state index contributed by atoms with van der Waals surface area (Å²) in [5.41, 5.74) is 3.50. The van der Waals surface area contributed by atoms with Crippen molar-refractivity contribution in [3.8, 4) is 11.5 Å². The number of nitro benzene ring substituents is 1. The maximum Gasteiger partial charge on any atom is 0.269 e. The number of nitrogens with zero attached hydrogens (tertiary/aromatic N) is 2. The third-order valence-electron chi connectivity index (χ3n) is 4.33. The molecule has 0 aliphatic heterocycles. The van der Waals surface area contributed by atoms with Gasteiger partial charge < -0.3 is 9.47 Å². The molecule has 0 aliphatic rings. The fourth-order valence-corrected chi connectivity index (χ4v) is 2.85. The van der Waals surface area contributed by atoms with Gasteiger partial charge in [-0.05, 0) is 73.0 Å². The number of aryl methyl sites for hydroxylation is 1. The van der Waals surface area contributed by atoms with Gasteiger partial charge in [0.15, 0.2) is 11.5 Å². The highest BCUT2D eigenvalue weighted by Crippen LogP contribution is 2.29. The molecule has 7 heteroatoms. The molecule has 0 fully saturated rings. The summed E-state index contributed by atoms with van der Waals surface area (Å²) in [6.07, 6.45) is 1.74. The maximum atomic E-state index is 10.8. The molecule has 0 saturated heterocycles. The molecule has 154 valence electrons. The molecule has 0 atom stereocenters. The van der Waals surface area contributed by atoms with E-state index in [1.807, 2.05) is 50.2 Å². The van der Waals surface area contributed by atoms with E-state index in [1.54, 1.807) is 18.3 Å². The van der Waals surface area contributed by atoms with Crippen LogP contribution >= 0.6 is 11.6 Å². The summed E-state index contributed by atoms with van der Waals surface area (Å²) in [5.74, 6) is 1.19. The Kier molecular flexibility index (Phi) is 7.03. The van der Waals surface area contributed by atoms with Gasteiger partial charge in [0.1, 0.15) is 6.61 Å². The molecule has 3 rings (SSSR count). The number of non-ortho nitro benzene ring substituents is 1. The summed E-state index contributed by atoms with van der Waals surface area (Å²) in [7, 11) is 0. The molecule has 30 heavy (non-hydrogen) atoms. The number of benzene rings is 3. The fraction of sp³-hybridized carbons (Fsp3) is 0.174. The number of hydrogen-bond donors (Lipinski definition) is 0. The van der Waals surface area contributed by atoms with Crippen LogP contribution in [0.3, 0.4) is 0 Å². The molecule has 0 heterocycles. The Morgan fingerprint density at radius 1 is 1.03 bits per heavy atom. The van der Waals surface area contributed by atoms with Gasteiger partial charge in [-0.1, -0.05) is 17.7 Å². The number of rotatable bonds is 8. The Bertz CT molecular complexity index is 1070. The van der Waals surface area contributed by atoms with Gasteiger partial charge in [0, 0.05) is 23.4 Å². The summed E-state index contributed by atoms with van der Waals surface area (Å²) in [5, 5.41) is 11.4. The van der Waals surface area contributed by atoms with Crippen LogP contribution in [0.4, 0.5) is 11.4 Å². The van der Waals surface area contributed by atoms with Crippen LogP contribution in [0.5, 0.6) is 11.5 Å². The first-order chi connectivity index (χ1) is 14.5. The van der Waals surface area contributed by atoms with E-state index >= 15 is 0 Å². The van der Waals surface area contributed by atoms with Gasteiger partial charge in [0.05, 0.1) is 17.2 Å². The lowest BCUT2D eigenvalue weighted by molar-refractivity contribution is -0.384. The molecule has 0 saturated carbocycles. The quantitative estimate of drug-likeness (QED) is 0.242. The highest BCUT2D eigenvalue weighted by Gasteiger charge is 2.08. The Labute approximate surface area is 179 Å². The molecular weight excluding hydrogens is 404 g/mol. The maximum absolute atomic E-state index is 10.8. The standard InChI is InChI=1S/C23H21ClN2O4/c1-3-29-23-12-18(14-25-19-8-4-16(2)21(24)13-19)7-11-22(23)30-15-17-5-9-20(10-6-17)26(27)28/h4-14H,3,15H2,1-2H3. The van der Waals surface area contributed by atoms with Crippen LogP contribution in [0, 0.1) is 17.0 Å². The van der Waals surface area contributed by atoms with Crippen LogP contribution in [0.25, 0.3) is 0 Å². The zero-order valence-corrected chi connectivity index (χ0v) is 17.4. The van der Waals surface area contributed by atoms with Crippen LogP contribution in [0.15, 0.2) is 65.7 Å². The summed E-state index contributed by atoms with van der Waals surface area (Å²) in [4.78, 5) is 14.8. The van der Waals surface area contributed by atoms with Crippen molar-refractivity contribution in [3.05, 3.63) is 92.5 Å². The van der Waals surface area contributed by atoms with Gasteiger partial charge >= 0.3 is 0 Å². The average Bonchev–Trinajstić information content (AvgIpc) is 2.74. The molecule has 0 spiro atoms. The largest absolute Gasteiger partial charge is 0.490 e. The van der Waals surface area contributed by atoms with Crippen molar-refractivity contribution >= 4 is 29.2 Å². The second-order valence-electron chi connectivity index (χ2n) is 6.54. The van der Waals surface area contributed by atoms with Crippen molar-refractivity contribution in [2.45, 2.75) is 20.5 Å². The fourth-order valence-electron chi connectivity index (χ4n) is 2.68. The lowest BCUT2D eigenvalue weighted by Crippen LogP contribution is -2.00. The lowest BCUT2D eigenvalue weighted by Gasteiger charge is -2.12. The van der Waals surface area contributed by atoms with Crippen LogP contribution in [-0.4, -0.2) is 17.7 Å². The topological polar surface area (TPSA) is 74.0 Å². The highest BCUT2D eigenvalue weighted by atomic mass is 35.5. The molecule has 0 aromatic heterocycles. The minimum absolute atomic E-state index is 0.0484. The number of hydrogen-bond acceptors (Lipinski definition) is 5. The minimum atomic E-state index is -0.428. The second-order valence-corrected chi connectivity index (χ2v) is 6.95. The molecule has 0 amide bonds. The third-order valence-corrected chi connectivity index (χ3v) is 4.73. The molecular formula is C23H21ClN2O4. The lowest BCUT2D eigenvalue weighted by atomic mass is 10.2. The molecule has 3 aromatic rings. The van der Waals surface area contributed by atoms with Gasteiger partial charge in [0.2, 0.25) is 0 Å². The van der Waals surface area contributed by atoms with Gasteiger partial charge in [-0.15, -0.1) is 0 Å². The van der Waals surface area contributed by atoms with E-state index in [-0.39, 0.29) is 12.3 Å². The van der Waals surface area contributed by atoms with Gasteiger partial charge in [-0.2, -0.15) is 0 Å². The second kappa shape index (κ2) is 9.89. The third kappa shape index (κ3) is 5.58. The van der Waals surface area contributed by atoms with Crippen molar-refractivity contribution in [2.75, 3.05) is 6.61 Å². The first-order valence-electron chi connectivity index (χ1n) is 9.39. The SMILES string of the molecule is CCOc1cc(C=Nc2ccc(C)c(Cl)c2)ccc1OCc1ccc([N+](=O)[O-])cc1. The van der Waals surface area contributed by atoms with Crippen molar-refractivity contribution in [2.24, 2.45) is 4.99 Å². The molecule has 0 N–H and O–H groups in total. The van der Waals surface area contributed by atoms with Crippen LogP contribution in [-0.2, 0) is 6.61 Å². The van der Waals surface area contributed by atoms with E-state index in [9.17, 15) is 10.1 Å². The Morgan fingerprint density at radius 3 is 2.47 bits per heavy atom. The predicted molar refractivity (Wildman–Crippen MR) is 118 cm³/mol. The zero-order chi connectivity index (χ0) is 21.5. The van der Waals surface area contributed by atoms with E-state index < -0.39 is 4.92 Å². The summed E-state index contributed by atoms with van der Waals surface area (Å²) >= 11 is 6.15. The number of ether oxygens (including phenoxy) is 2. The van der Waals surface area contributed by atoms with Crippen molar-refractivity contribution < 1.29 is 14.4 Å². The molecule has 0 bridgehead atoms. The van der Waals surface area contributed by atoms with E-state index in [0.29, 0.717) is 23.1 Å². The Morgan fingerprint density at radius 2 is 1.80 bits per heavy atom. The smallest absolute Gasteiger partial charge is 0.269 e. The van der Waals surface area contributed by atoms with Crippen LogP contribution in [0.2, 0.25) is 5.02 Å². The molecule has 0 unspecified atom stereocenters. The highest BCUT2D eigenvalue weighted by molar-refractivity contribution is 6.31. The van der Waals surface area contributed by atoms with E-state index in [1.165, 1.54) is 12.1 Å². The van der Waals surface area contributed by atoms with Gasteiger partial charge in [0.25, 0.3) is 5.69 Å². The van der Waals surface area contributed by atoms with Crippen LogP contribution in [0.1, 0.15) is 23.6 Å². The van der Waals surface area contributed by atoms with Crippen LogP contribution < -0.4 is 9.47 Å². The van der Waals surface area contributed by atoms with Crippen molar-refractivity contribution in [1.82, 2.24) is 0 Å². The van der Waals surface area contributed by atoms with Gasteiger partial charge in [-0.25, -0.2) is 0 Å². The van der Waals surface area contributed by atoms with E-state index in [2.05, 4.69) is 4.99 Å². The van der Waals surface area contributed by atoms with Gasteiger partial charge in [-0.3, -0.25) is 15.1 Å². The zero-order valence-electron chi connectivity index (χ0n) is 16.7. The first kappa shape index (κ1) is 21.3. The van der Waals surface area contributed by atoms with E-state index in [0.717, 1.165) is 22.4 Å². The number of halogens is 1. The molecule has 0 aliphatic carbocycles. The van der Waals surface area contributed by atoms with Crippen molar-refractivity contribution in [3.63, 3.8) is 0 Å². The summed E-state index contributed by atoms with van der Waals surface area (Å²) in [6, 6.07) is 17.5. The normalized spacial score (nSPS) is 10.9. The number of nitro groups is 1. The summed E-state index contributed by atoms with van der Waals surface area (Å²) < 4.78 is 11.6. The molecule has 3 aromatic carbocycles. The Balaban J connectivity index is 1.73. The molecule has 6 nitrogen and oxygen atoms in total. The van der Waals surface area contributed by atoms with E-state index in [4.69, 9.17) is 21.1 Å². The summed E-state index contributed by atoms with van der Waals surface area (Å²) in [6.45, 7) is 4.60. The average molecular weight is 425 g/mol. The predicted octanol–water partition coefficient (Wildman–Crippen LogP) is 6.28. The van der Waals surface area contributed by atoms with Crippen molar-refractivity contribution in [1.29, 1.82) is 0 Å². The number of aliphatic imine (C=N–C) groups is 1. The monoisotopic (exact) mass is 424 g/mol. The Hall–Kier alpha value is -3.38. The molecule has 0 radical (unpaired) electrons.